The number of aromatic nitrogens is 2. The van der Waals surface area contributed by atoms with E-state index < -0.39 is 0 Å². The minimum absolute atomic E-state index is 0.373. The van der Waals surface area contributed by atoms with Crippen LogP contribution in [0.1, 0.15) is 35.2 Å². The maximum atomic E-state index is 8.80. The van der Waals surface area contributed by atoms with E-state index in [2.05, 4.69) is 55.9 Å². The van der Waals surface area contributed by atoms with Crippen molar-refractivity contribution in [1.82, 2.24) is 19.8 Å². The molecule has 2 aromatic heterocycles. The molecule has 1 aliphatic rings. The van der Waals surface area contributed by atoms with Gasteiger partial charge in [-0.25, -0.2) is 0 Å². The first-order chi connectivity index (χ1) is 16.4. The lowest BCUT2D eigenvalue weighted by atomic mass is 9.96. The molecule has 4 rings (SSSR count). The highest BCUT2D eigenvalue weighted by molar-refractivity contribution is 6.13. The van der Waals surface area contributed by atoms with E-state index in [0.29, 0.717) is 11.4 Å². The summed E-state index contributed by atoms with van der Waals surface area (Å²) in [7, 11) is 4.04. The third kappa shape index (κ3) is 5.95. The van der Waals surface area contributed by atoms with Gasteiger partial charge in [0.25, 0.3) is 0 Å². The largest absolute Gasteiger partial charge is 0.353 e. The Morgan fingerprint density at radius 3 is 2.56 bits per heavy atom. The Morgan fingerprint density at radius 2 is 1.85 bits per heavy atom. The summed E-state index contributed by atoms with van der Waals surface area (Å²) >= 11 is 0. The maximum Gasteiger partial charge on any atom is 0.0843 e. The molecule has 176 valence electrons. The number of nitrogens with zero attached hydrogens (tertiary/aromatic N) is 4. The topological polar surface area (TPSA) is 68.1 Å². The highest BCUT2D eigenvalue weighted by Crippen LogP contribution is 2.25. The summed E-state index contributed by atoms with van der Waals surface area (Å²) < 4.78 is 0. The van der Waals surface area contributed by atoms with Crippen molar-refractivity contribution in [3.8, 4) is 11.1 Å². The van der Waals surface area contributed by atoms with Crippen LogP contribution in [0.5, 0.6) is 0 Å². The molecule has 0 atom stereocenters. The zero-order valence-electron chi connectivity index (χ0n) is 20.4. The van der Waals surface area contributed by atoms with E-state index in [9.17, 15) is 0 Å². The Bertz CT molecular complexity index is 1160. The third-order valence-corrected chi connectivity index (χ3v) is 6.14. The molecule has 0 unspecified atom stereocenters. The van der Waals surface area contributed by atoms with Gasteiger partial charge >= 0.3 is 0 Å². The number of pyridine rings is 2. The predicted molar refractivity (Wildman–Crippen MR) is 140 cm³/mol. The first-order valence-corrected chi connectivity index (χ1v) is 11.8. The first kappa shape index (κ1) is 23.8. The van der Waals surface area contributed by atoms with Crippen molar-refractivity contribution in [2.24, 2.45) is 0 Å². The smallest absolute Gasteiger partial charge is 0.0843 e. The fraction of sp³-hybridized carbons (Fsp3) is 0.321. The van der Waals surface area contributed by atoms with Crippen molar-refractivity contribution >= 4 is 11.4 Å². The summed E-state index contributed by atoms with van der Waals surface area (Å²) in [5.41, 5.74) is 8.00. The average Bonchev–Trinajstić information content (AvgIpc) is 3.33. The number of likely N-dealkylation sites (tertiary alicyclic amines) is 1. The van der Waals surface area contributed by atoms with Crippen LogP contribution < -0.4 is 5.32 Å². The van der Waals surface area contributed by atoms with Crippen LogP contribution in [-0.2, 0) is 13.1 Å². The van der Waals surface area contributed by atoms with Crippen LogP contribution in [0.3, 0.4) is 0 Å². The molecule has 0 amide bonds. The minimum Gasteiger partial charge on any atom is -0.353 e. The molecule has 1 saturated heterocycles. The van der Waals surface area contributed by atoms with Crippen molar-refractivity contribution in [3.05, 3.63) is 89.6 Å². The van der Waals surface area contributed by atoms with Crippen molar-refractivity contribution < 1.29 is 0 Å². The van der Waals surface area contributed by atoms with Gasteiger partial charge in [0.05, 0.1) is 29.0 Å². The van der Waals surface area contributed by atoms with E-state index in [-0.39, 0.29) is 0 Å². The monoisotopic (exact) mass is 454 g/mol. The summed E-state index contributed by atoms with van der Waals surface area (Å²) in [6.45, 7) is 10.2. The Morgan fingerprint density at radius 1 is 1.06 bits per heavy atom. The van der Waals surface area contributed by atoms with Crippen molar-refractivity contribution in [1.29, 1.82) is 5.41 Å². The van der Waals surface area contributed by atoms with E-state index in [1.807, 2.05) is 45.5 Å². The second kappa shape index (κ2) is 10.7. The van der Waals surface area contributed by atoms with Crippen LogP contribution in [0.2, 0.25) is 0 Å². The summed E-state index contributed by atoms with van der Waals surface area (Å²) in [6, 6.07) is 12.4. The quantitative estimate of drug-likeness (QED) is 0.440. The summed E-state index contributed by atoms with van der Waals surface area (Å²) in [5.74, 6) is 0. The molecule has 0 saturated carbocycles. The first-order valence-electron chi connectivity index (χ1n) is 11.8. The van der Waals surface area contributed by atoms with Crippen LogP contribution >= 0.6 is 0 Å². The van der Waals surface area contributed by atoms with Crippen molar-refractivity contribution in [2.45, 2.75) is 32.9 Å². The average molecular weight is 455 g/mol. The van der Waals surface area contributed by atoms with Gasteiger partial charge in [-0.15, -0.1) is 0 Å². The molecular formula is C28H34N6. The van der Waals surface area contributed by atoms with Gasteiger partial charge in [0.1, 0.15) is 0 Å². The fourth-order valence-electron chi connectivity index (χ4n) is 4.32. The van der Waals surface area contributed by atoms with Gasteiger partial charge in [-0.1, -0.05) is 18.7 Å². The van der Waals surface area contributed by atoms with Crippen LogP contribution in [-0.4, -0.2) is 52.7 Å². The van der Waals surface area contributed by atoms with Crippen LogP contribution in [0.15, 0.2) is 67.3 Å². The normalized spacial score (nSPS) is 13.9. The van der Waals surface area contributed by atoms with Crippen molar-refractivity contribution in [2.75, 3.05) is 32.5 Å². The number of benzene rings is 1. The van der Waals surface area contributed by atoms with E-state index >= 15 is 0 Å². The fourth-order valence-corrected chi connectivity index (χ4v) is 4.32. The molecular weight excluding hydrogens is 420 g/mol. The van der Waals surface area contributed by atoms with Gasteiger partial charge in [0.15, 0.2) is 0 Å². The Kier molecular flexibility index (Phi) is 7.50. The van der Waals surface area contributed by atoms with Gasteiger partial charge in [-0.05, 0) is 87.9 Å². The van der Waals surface area contributed by atoms with E-state index in [1.165, 1.54) is 31.5 Å². The maximum absolute atomic E-state index is 8.80. The molecule has 6 heteroatoms. The van der Waals surface area contributed by atoms with Crippen molar-refractivity contribution in [3.63, 3.8) is 0 Å². The highest BCUT2D eigenvalue weighted by atomic mass is 15.1. The Balaban J connectivity index is 1.49. The molecule has 3 heterocycles. The molecule has 0 radical (unpaired) electrons. The van der Waals surface area contributed by atoms with Gasteiger partial charge in [0.2, 0.25) is 0 Å². The van der Waals surface area contributed by atoms with E-state index in [0.717, 1.165) is 46.7 Å². The van der Waals surface area contributed by atoms with Crippen LogP contribution in [0.25, 0.3) is 11.1 Å². The third-order valence-electron chi connectivity index (χ3n) is 6.14. The molecule has 1 aromatic carbocycles. The Labute approximate surface area is 202 Å². The van der Waals surface area contributed by atoms with Gasteiger partial charge in [-0.3, -0.25) is 20.3 Å². The highest BCUT2D eigenvalue weighted by Gasteiger charge is 2.14. The molecule has 2 N–H and O–H groups in total. The summed E-state index contributed by atoms with van der Waals surface area (Å²) in [4.78, 5) is 13.6. The number of hydrogen-bond acceptors (Lipinski definition) is 6. The lowest BCUT2D eigenvalue weighted by molar-refractivity contribution is 0.331. The number of anilines is 1. The SMILES string of the molecule is C=C(Nc1ccc(CN(C)C)nc1)C(=N)c1cc(-c2cncc(CN3CCCC3)c2)ccc1C. The number of aryl methyl sites for hydroxylation is 1. The van der Waals surface area contributed by atoms with E-state index in [1.54, 1.807) is 6.20 Å². The Hall–Kier alpha value is -3.35. The lowest BCUT2D eigenvalue weighted by Crippen LogP contribution is -2.18. The molecule has 1 aliphatic heterocycles. The molecule has 6 nitrogen and oxygen atoms in total. The minimum atomic E-state index is 0.373. The van der Waals surface area contributed by atoms with Gasteiger partial charge in [0, 0.05) is 36.6 Å². The number of hydrogen-bond donors (Lipinski definition) is 2. The standard InChI is InChI=1S/C28H34N6/c1-20-7-8-23(24-13-22(15-30-16-24)18-34-11-5-6-12-34)14-27(20)28(29)21(2)32-25-9-10-26(31-17-25)19-33(3)4/h7-10,13-17,29,32H,2,5-6,11-12,18-19H2,1,3-4H3. The molecule has 0 aliphatic carbocycles. The second-order valence-corrected chi connectivity index (χ2v) is 9.35. The summed E-state index contributed by atoms with van der Waals surface area (Å²) in [6.07, 6.45) is 8.22. The zero-order chi connectivity index (χ0) is 24.1. The van der Waals surface area contributed by atoms with Gasteiger partial charge in [-0.2, -0.15) is 0 Å². The number of rotatable bonds is 9. The van der Waals surface area contributed by atoms with Gasteiger partial charge < -0.3 is 10.2 Å². The molecule has 3 aromatic rings. The van der Waals surface area contributed by atoms with Crippen LogP contribution in [0.4, 0.5) is 5.69 Å². The van der Waals surface area contributed by atoms with Crippen LogP contribution in [0, 0.1) is 12.3 Å². The zero-order valence-corrected chi connectivity index (χ0v) is 20.4. The molecule has 0 spiro atoms. The second-order valence-electron chi connectivity index (χ2n) is 9.35. The molecule has 0 bridgehead atoms. The summed E-state index contributed by atoms with van der Waals surface area (Å²) in [5, 5.41) is 12.0. The molecule has 1 fully saturated rings. The predicted octanol–water partition coefficient (Wildman–Crippen LogP) is 5.10. The molecule has 34 heavy (non-hydrogen) atoms. The lowest BCUT2D eigenvalue weighted by Gasteiger charge is -2.16. The van der Waals surface area contributed by atoms with E-state index in [4.69, 9.17) is 5.41 Å². The number of nitrogens with one attached hydrogen (secondary N) is 2. The number of allylic oxidation sites excluding steroid dienone is 1.